The van der Waals surface area contributed by atoms with Gasteiger partial charge in [-0.3, -0.25) is 0 Å². The number of sulfonamides is 1. The van der Waals surface area contributed by atoms with E-state index in [4.69, 9.17) is 5.11 Å². The Labute approximate surface area is 103 Å². The molecular formula is C12H19NO3S. The van der Waals surface area contributed by atoms with Crippen molar-refractivity contribution in [3.05, 3.63) is 35.4 Å². The molecule has 1 rings (SSSR count). The second kappa shape index (κ2) is 5.16. The van der Waals surface area contributed by atoms with Crippen molar-refractivity contribution in [1.29, 1.82) is 0 Å². The fraction of sp³-hybridized carbons (Fsp3) is 0.500. The third kappa shape index (κ3) is 3.80. The first-order valence-electron chi connectivity index (χ1n) is 5.44. The molecule has 0 saturated heterocycles. The number of hydrogen-bond acceptors (Lipinski definition) is 3. The number of aliphatic hydroxyl groups is 1. The largest absolute Gasteiger partial charge is 0.392 e. The summed E-state index contributed by atoms with van der Waals surface area (Å²) in [6.07, 6.45) is 0. The van der Waals surface area contributed by atoms with Gasteiger partial charge in [-0.2, -0.15) is 0 Å². The Morgan fingerprint density at radius 2 is 1.59 bits per heavy atom. The summed E-state index contributed by atoms with van der Waals surface area (Å²) in [6, 6.07) is 7.16. The van der Waals surface area contributed by atoms with Gasteiger partial charge in [0.25, 0.3) is 0 Å². The molecule has 1 aromatic carbocycles. The molecule has 0 aliphatic carbocycles. The highest BCUT2D eigenvalue weighted by atomic mass is 32.2. The van der Waals surface area contributed by atoms with Crippen LogP contribution in [0.4, 0.5) is 0 Å². The van der Waals surface area contributed by atoms with Crippen LogP contribution in [0.5, 0.6) is 0 Å². The van der Waals surface area contributed by atoms with E-state index in [1.54, 1.807) is 45.0 Å². The van der Waals surface area contributed by atoms with Gasteiger partial charge in [-0.25, -0.2) is 13.1 Å². The topological polar surface area (TPSA) is 66.4 Å². The van der Waals surface area contributed by atoms with Crippen LogP contribution in [0.3, 0.4) is 0 Å². The minimum absolute atomic E-state index is 0.00595. The molecular weight excluding hydrogens is 238 g/mol. The van der Waals surface area contributed by atoms with Crippen molar-refractivity contribution in [3.63, 3.8) is 0 Å². The minimum atomic E-state index is -3.31. The van der Waals surface area contributed by atoms with Crippen LogP contribution in [0.1, 0.15) is 31.9 Å². The lowest BCUT2D eigenvalue weighted by Gasteiger charge is -2.19. The molecule has 0 spiro atoms. The van der Waals surface area contributed by atoms with Crippen molar-refractivity contribution in [2.45, 2.75) is 38.7 Å². The molecule has 0 aliphatic heterocycles. The highest BCUT2D eigenvalue weighted by molar-refractivity contribution is 7.90. The molecule has 4 nitrogen and oxygen atoms in total. The smallest absolute Gasteiger partial charge is 0.216 e. The number of aliphatic hydroxyl groups excluding tert-OH is 1. The van der Waals surface area contributed by atoms with E-state index in [1.807, 2.05) is 0 Å². The normalized spacial score (nSPS) is 12.7. The molecule has 0 atom stereocenters. The number of rotatable bonds is 4. The fourth-order valence-corrected chi connectivity index (χ4v) is 1.95. The molecule has 5 heteroatoms. The maximum atomic E-state index is 11.8. The third-order valence-corrected chi connectivity index (χ3v) is 4.61. The van der Waals surface area contributed by atoms with Crippen LogP contribution in [-0.2, 0) is 23.2 Å². The quantitative estimate of drug-likeness (QED) is 0.856. The lowest BCUT2D eigenvalue weighted by atomic mass is 10.1. The zero-order chi connectivity index (χ0) is 13.1. The summed E-state index contributed by atoms with van der Waals surface area (Å²) < 4.78 is 25.3. The zero-order valence-electron chi connectivity index (χ0n) is 10.4. The van der Waals surface area contributed by atoms with Gasteiger partial charge < -0.3 is 5.11 Å². The van der Waals surface area contributed by atoms with Gasteiger partial charge >= 0.3 is 0 Å². The van der Waals surface area contributed by atoms with Gasteiger partial charge in [0.15, 0.2) is 0 Å². The van der Waals surface area contributed by atoms with E-state index in [-0.39, 0.29) is 13.2 Å². The molecule has 0 amide bonds. The Bertz CT molecular complexity index is 458. The molecule has 17 heavy (non-hydrogen) atoms. The monoisotopic (exact) mass is 257 g/mol. The first kappa shape index (κ1) is 14.2. The molecule has 0 heterocycles. The molecule has 0 fully saturated rings. The van der Waals surface area contributed by atoms with Crippen molar-refractivity contribution >= 4 is 10.0 Å². The molecule has 0 bridgehead atoms. The predicted octanol–water partition coefficient (Wildman–Crippen LogP) is 1.40. The van der Waals surface area contributed by atoms with E-state index in [0.29, 0.717) is 0 Å². The average molecular weight is 257 g/mol. The van der Waals surface area contributed by atoms with Crippen LogP contribution in [0.25, 0.3) is 0 Å². The highest BCUT2D eigenvalue weighted by Crippen LogP contribution is 2.14. The molecule has 0 aromatic heterocycles. The summed E-state index contributed by atoms with van der Waals surface area (Å²) in [7, 11) is -3.31. The van der Waals surface area contributed by atoms with E-state index in [0.717, 1.165) is 11.1 Å². The Balaban J connectivity index is 2.68. The third-order valence-electron chi connectivity index (χ3n) is 2.48. The van der Waals surface area contributed by atoms with Crippen LogP contribution < -0.4 is 4.72 Å². The summed E-state index contributed by atoms with van der Waals surface area (Å²) in [6.45, 7) is 5.23. The van der Waals surface area contributed by atoms with Crippen LogP contribution in [0.2, 0.25) is 0 Å². The van der Waals surface area contributed by atoms with Gasteiger partial charge in [-0.05, 0) is 31.9 Å². The molecule has 0 saturated carbocycles. The Hall–Kier alpha value is -0.910. The van der Waals surface area contributed by atoms with Gasteiger partial charge in [0.05, 0.1) is 11.4 Å². The molecule has 0 radical (unpaired) electrons. The van der Waals surface area contributed by atoms with Crippen LogP contribution in [-0.4, -0.2) is 18.3 Å². The zero-order valence-corrected chi connectivity index (χ0v) is 11.2. The van der Waals surface area contributed by atoms with Gasteiger partial charge in [0, 0.05) is 6.54 Å². The second-order valence-corrected chi connectivity index (χ2v) is 7.43. The van der Waals surface area contributed by atoms with E-state index in [2.05, 4.69) is 4.72 Å². The van der Waals surface area contributed by atoms with E-state index >= 15 is 0 Å². The van der Waals surface area contributed by atoms with Gasteiger partial charge in [0.2, 0.25) is 10.0 Å². The van der Waals surface area contributed by atoms with Crippen molar-refractivity contribution in [3.8, 4) is 0 Å². The number of nitrogens with one attached hydrogen (secondary N) is 1. The first-order valence-corrected chi connectivity index (χ1v) is 6.92. The molecule has 0 aliphatic rings. The van der Waals surface area contributed by atoms with Crippen LogP contribution >= 0.6 is 0 Å². The van der Waals surface area contributed by atoms with Gasteiger partial charge in [-0.1, -0.05) is 24.3 Å². The summed E-state index contributed by atoms with van der Waals surface area (Å²) in [5.74, 6) is 0. The SMILES string of the molecule is CC(C)(C)S(=O)(=O)NCc1ccc(CO)cc1. The Kier molecular flexibility index (Phi) is 4.30. The number of benzene rings is 1. The maximum Gasteiger partial charge on any atom is 0.216 e. The first-order chi connectivity index (χ1) is 7.76. The van der Waals surface area contributed by atoms with E-state index in [1.165, 1.54) is 0 Å². The van der Waals surface area contributed by atoms with E-state index < -0.39 is 14.8 Å². The van der Waals surface area contributed by atoms with Crippen LogP contribution in [0.15, 0.2) is 24.3 Å². The van der Waals surface area contributed by atoms with Crippen molar-refractivity contribution in [2.75, 3.05) is 0 Å². The Morgan fingerprint density at radius 3 is 2.00 bits per heavy atom. The fourth-order valence-electron chi connectivity index (χ4n) is 1.16. The van der Waals surface area contributed by atoms with Gasteiger partial charge in [-0.15, -0.1) is 0 Å². The summed E-state index contributed by atoms with van der Waals surface area (Å²) >= 11 is 0. The lowest BCUT2D eigenvalue weighted by molar-refractivity contribution is 0.282. The summed E-state index contributed by atoms with van der Waals surface area (Å²) in [4.78, 5) is 0. The summed E-state index contributed by atoms with van der Waals surface area (Å²) in [5, 5.41) is 8.88. The van der Waals surface area contributed by atoms with Crippen molar-refractivity contribution < 1.29 is 13.5 Å². The standard InChI is InChI=1S/C12H19NO3S/c1-12(2,3)17(15,16)13-8-10-4-6-11(9-14)7-5-10/h4-7,13-14H,8-9H2,1-3H3. The molecule has 96 valence electrons. The van der Waals surface area contributed by atoms with Crippen LogP contribution in [0, 0.1) is 0 Å². The molecule has 2 N–H and O–H groups in total. The van der Waals surface area contributed by atoms with Crippen molar-refractivity contribution in [1.82, 2.24) is 4.72 Å². The Morgan fingerprint density at radius 1 is 1.12 bits per heavy atom. The molecule has 0 unspecified atom stereocenters. The lowest BCUT2D eigenvalue weighted by Crippen LogP contribution is -2.38. The van der Waals surface area contributed by atoms with E-state index in [9.17, 15) is 8.42 Å². The predicted molar refractivity (Wildman–Crippen MR) is 67.9 cm³/mol. The summed E-state index contributed by atoms with van der Waals surface area (Å²) in [5.41, 5.74) is 1.68. The van der Waals surface area contributed by atoms with Gasteiger partial charge in [0.1, 0.15) is 0 Å². The maximum absolute atomic E-state index is 11.8. The highest BCUT2D eigenvalue weighted by Gasteiger charge is 2.28. The molecule has 1 aromatic rings. The number of hydrogen-bond donors (Lipinski definition) is 2. The minimum Gasteiger partial charge on any atom is -0.392 e. The second-order valence-electron chi connectivity index (χ2n) is 4.91. The average Bonchev–Trinajstić information content (AvgIpc) is 2.25. The van der Waals surface area contributed by atoms with Crippen molar-refractivity contribution in [2.24, 2.45) is 0 Å².